The summed E-state index contributed by atoms with van der Waals surface area (Å²) < 4.78 is 14.6. The topological polar surface area (TPSA) is 81.1 Å². The molecule has 26 rings (SSSR count). The van der Waals surface area contributed by atoms with Crippen LogP contribution >= 0.6 is 0 Å². The molecule has 0 bridgehead atoms. The lowest BCUT2D eigenvalue weighted by Gasteiger charge is -2.17. The van der Waals surface area contributed by atoms with Crippen LogP contribution in [0.4, 0.5) is 0 Å². The van der Waals surface area contributed by atoms with Crippen LogP contribution in [0.1, 0.15) is 44.5 Å². The highest BCUT2D eigenvalue weighted by Crippen LogP contribution is 2.46. The summed E-state index contributed by atoms with van der Waals surface area (Å²) in [6.45, 7) is 17.4. The fourth-order valence-corrected chi connectivity index (χ4v) is 21.7. The van der Waals surface area contributed by atoms with Crippen LogP contribution in [0.5, 0.6) is 0 Å². The monoisotopic (exact) mass is 1720 g/mol. The molecule has 0 aliphatic rings. The zero-order valence-corrected chi connectivity index (χ0v) is 75.6. The van der Waals surface area contributed by atoms with E-state index in [0.29, 0.717) is 0 Å². The Morgan fingerprint density at radius 1 is 0.157 bits per heavy atom. The number of benzene rings is 18. The fourth-order valence-electron chi connectivity index (χ4n) is 21.7. The van der Waals surface area contributed by atoms with E-state index in [1.165, 1.54) is 148 Å². The van der Waals surface area contributed by atoms with Gasteiger partial charge in [-0.1, -0.05) is 241 Å². The fraction of sp³-hybridized carbons (Fsp3) is 0.0645. The summed E-state index contributed by atoms with van der Waals surface area (Å²) in [5.41, 5.74) is 40.3. The minimum Gasteiger partial charge on any atom is -0.309 e. The van der Waals surface area contributed by atoms with Crippen LogP contribution < -0.4 is 0 Å². The van der Waals surface area contributed by atoms with Gasteiger partial charge in [0.25, 0.3) is 0 Å². The first-order chi connectivity index (χ1) is 65.7. The summed E-state index contributed by atoms with van der Waals surface area (Å²) >= 11 is 0. The number of rotatable bonds is 12. The molecule has 10 nitrogen and oxygen atoms in total. The van der Waals surface area contributed by atoms with Gasteiger partial charge in [0, 0.05) is 126 Å². The van der Waals surface area contributed by atoms with Gasteiger partial charge in [0.2, 0.25) is 0 Å². The predicted molar refractivity (Wildman–Crippen MR) is 561 cm³/mol. The number of aromatic nitrogens is 10. The van der Waals surface area contributed by atoms with Crippen molar-refractivity contribution in [1.29, 1.82) is 0 Å². The van der Waals surface area contributed by atoms with Crippen molar-refractivity contribution in [3.8, 4) is 102 Å². The molecule has 0 N–H and O–H groups in total. The Bertz CT molecular complexity index is 8670. The molecule has 636 valence electrons. The van der Waals surface area contributed by atoms with E-state index < -0.39 is 0 Å². The molecule has 0 saturated heterocycles. The lowest BCUT2D eigenvalue weighted by atomic mass is 9.97. The maximum absolute atomic E-state index is 5.31. The van der Waals surface area contributed by atoms with Crippen molar-refractivity contribution in [2.24, 2.45) is 0 Å². The van der Waals surface area contributed by atoms with Gasteiger partial charge in [-0.25, -0.2) is 19.9 Å². The normalized spacial score (nSPS) is 11.9. The third-order valence-electron chi connectivity index (χ3n) is 27.5. The van der Waals surface area contributed by atoms with Gasteiger partial charge in [0.15, 0.2) is 11.6 Å². The zero-order chi connectivity index (χ0) is 89.8. The second-order valence-electron chi connectivity index (χ2n) is 36.3. The SMILES string of the molecule is Cc1cccc(-c2cc(-c3c(C)cc(-n4c5ccc(-n6c7ccccc7c7ccccc76)cc5c5cc(-n6c7ccccc7c7ccccc76)ccc54)cc3C)nc(-c3cccc(C)c3)n2)c1.Cc1cccc(-c2cc(-c3cc(C)c(-n4c5ccc(-n6c7ccccc7c7ccccc76)cc5c5cc(-n6c7ccccc7c7ccccc76)ccc54)c(C)c3)nc(-c3cccc(C)c3)n2)c1. The maximum Gasteiger partial charge on any atom is 0.160 e. The number of fused-ring (bicyclic) bond motifs is 18. The summed E-state index contributed by atoms with van der Waals surface area (Å²) in [7, 11) is 0. The van der Waals surface area contributed by atoms with Gasteiger partial charge in [-0.05, 0) is 260 Å². The van der Waals surface area contributed by atoms with Crippen molar-refractivity contribution in [1.82, 2.24) is 47.3 Å². The average Bonchev–Trinajstić information content (AvgIpc) is 1.58. The van der Waals surface area contributed by atoms with Gasteiger partial charge in [-0.3, -0.25) is 0 Å². The van der Waals surface area contributed by atoms with Crippen molar-refractivity contribution in [3.05, 3.63) is 445 Å². The summed E-state index contributed by atoms with van der Waals surface area (Å²) in [5.74, 6) is 1.44. The molecular formula is C124H90N10. The Balaban J connectivity index is 0.000000143. The Morgan fingerprint density at radius 3 is 0.694 bits per heavy atom. The van der Waals surface area contributed by atoms with Crippen LogP contribution in [-0.2, 0) is 0 Å². The van der Waals surface area contributed by atoms with E-state index in [1.54, 1.807) is 0 Å². The largest absolute Gasteiger partial charge is 0.309 e. The van der Waals surface area contributed by atoms with Crippen molar-refractivity contribution >= 4 is 131 Å². The Kier molecular flexibility index (Phi) is 18.5. The standard InChI is InChI=1S/2C62H45N5/c1-38-15-13-17-42(31-38)53-37-54(64-62(63-53)43-18-14-16-39(2)32-43)44-33-40(3)61(41(4)34-44)67-59-29-27-45(65-55-23-9-5-19-47(55)48-20-6-10-24-56(48)65)35-51(59)52-36-46(28-30-60(52)67)66-57-25-11-7-21-49(57)50-22-8-12-26-58(50)66;1-38-15-13-17-42(31-38)53-37-54(64-62(63-53)43-18-14-16-39(2)32-43)61-40(3)33-46(34-41(61)4)67-59-29-27-44(65-55-23-9-5-19-47(55)48-20-6-10-24-56(48)65)35-51(59)52-36-45(28-30-60(52)67)66-57-25-11-7-21-49(57)50-22-8-12-26-58(50)66/h2*5-37H,1-4H3. The second-order valence-corrected chi connectivity index (χ2v) is 36.3. The average molecular weight is 1720 g/mol. The maximum atomic E-state index is 5.31. The number of nitrogens with zero attached hydrogens (tertiary/aromatic N) is 10. The van der Waals surface area contributed by atoms with Crippen LogP contribution in [0.15, 0.2) is 400 Å². The number of para-hydroxylation sites is 8. The molecule has 0 atom stereocenters. The summed E-state index contributed by atoms with van der Waals surface area (Å²) in [4.78, 5) is 20.9. The quantitative estimate of drug-likeness (QED) is 0.122. The second kappa shape index (κ2) is 31.4. The molecule has 0 aliphatic carbocycles. The van der Waals surface area contributed by atoms with Crippen LogP contribution in [0, 0.1) is 55.4 Å². The number of hydrogen-bond acceptors (Lipinski definition) is 4. The van der Waals surface area contributed by atoms with Gasteiger partial charge in [0.05, 0.1) is 94.7 Å². The van der Waals surface area contributed by atoms with Crippen molar-refractivity contribution in [2.75, 3.05) is 0 Å². The Morgan fingerprint density at radius 2 is 0.396 bits per heavy atom. The predicted octanol–water partition coefficient (Wildman–Crippen LogP) is 32.0. The van der Waals surface area contributed by atoms with Gasteiger partial charge >= 0.3 is 0 Å². The van der Waals surface area contributed by atoms with Gasteiger partial charge in [-0.2, -0.15) is 0 Å². The van der Waals surface area contributed by atoms with Crippen molar-refractivity contribution in [2.45, 2.75) is 55.4 Å². The number of hydrogen-bond donors (Lipinski definition) is 0. The summed E-state index contributed by atoms with van der Waals surface area (Å²) in [5, 5.41) is 14.8. The molecule has 8 aromatic heterocycles. The minimum absolute atomic E-state index is 0.720. The van der Waals surface area contributed by atoms with E-state index in [9.17, 15) is 0 Å². The summed E-state index contributed by atoms with van der Waals surface area (Å²) in [6, 6.07) is 146. The Hall–Kier alpha value is -17.1. The molecule has 0 unspecified atom stereocenters. The van der Waals surface area contributed by atoms with Crippen molar-refractivity contribution < 1.29 is 0 Å². The highest BCUT2D eigenvalue weighted by molar-refractivity contribution is 6.17. The van der Waals surface area contributed by atoms with Gasteiger partial charge in [-0.15, -0.1) is 0 Å². The van der Waals surface area contributed by atoms with Crippen LogP contribution in [0.3, 0.4) is 0 Å². The molecule has 134 heavy (non-hydrogen) atoms. The molecule has 10 heteroatoms. The van der Waals surface area contributed by atoms with Gasteiger partial charge < -0.3 is 27.4 Å². The van der Waals surface area contributed by atoms with Crippen LogP contribution in [0.2, 0.25) is 0 Å². The molecular weight excluding hydrogens is 1630 g/mol. The summed E-state index contributed by atoms with van der Waals surface area (Å²) in [6.07, 6.45) is 0. The van der Waals surface area contributed by atoms with E-state index >= 15 is 0 Å². The highest BCUT2D eigenvalue weighted by Gasteiger charge is 2.27. The molecule has 0 fully saturated rings. The third kappa shape index (κ3) is 13.0. The first-order valence-corrected chi connectivity index (χ1v) is 46.1. The molecule has 26 aromatic rings. The minimum atomic E-state index is 0.720. The molecule has 0 amide bonds. The number of aryl methyl sites for hydroxylation is 8. The third-order valence-corrected chi connectivity index (χ3v) is 27.5. The molecule has 8 heterocycles. The lowest BCUT2D eigenvalue weighted by Crippen LogP contribution is -2.02. The highest BCUT2D eigenvalue weighted by atomic mass is 15.0. The first-order valence-electron chi connectivity index (χ1n) is 46.1. The van der Waals surface area contributed by atoms with E-state index in [4.69, 9.17) is 19.9 Å². The molecule has 0 radical (unpaired) electrons. The smallest absolute Gasteiger partial charge is 0.160 e. The zero-order valence-electron chi connectivity index (χ0n) is 75.6. The van der Waals surface area contributed by atoms with E-state index in [-0.39, 0.29) is 0 Å². The molecule has 18 aromatic carbocycles. The first kappa shape index (κ1) is 79.1. The van der Waals surface area contributed by atoms with Gasteiger partial charge in [0.1, 0.15) is 0 Å². The van der Waals surface area contributed by atoms with Crippen molar-refractivity contribution in [3.63, 3.8) is 0 Å². The molecule has 0 saturated carbocycles. The Labute approximate surface area is 775 Å². The van der Waals surface area contributed by atoms with E-state index in [2.05, 4.69) is 483 Å². The van der Waals surface area contributed by atoms with Crippen LogP contribution in [0.25, 0.3) is 233 Å². The van der Waals surface area contributed by atoms with Crippen LogP contribution in [-0.4, -0.2) is 47.3 Å². The molecule has 0 aliphatic heterocycles. The molecule has 0 spiro atoms. The lowest BCUT2D eigenvalue weighted by molar-refractivity contribution is 1.11. The van der Waals surface area contributed by atoms with E-state index in [0.717, 1.165) is 129 Å². The van der Waals surface area contributed by atoms with E-state index in [1.807, 2.05) is 0 Å².